The molecule has 2 aromatic rings. The minimum absolute atomic E-state index is 0.609. The van der Waals surface area contributed by atoms with Crippen molar-refractivity contribution in [2.45, 2.75) is 51.5 Å². The first-order valence-corrected chi connectivity index (χ1v) is 10.9. The summed E-state index contributed by atoms with van der Waals surface area (Å²) in [5, 5.41) is 6.43. The maximum Gasteiger partial charge on any atom is 0.229 e. The second-order valence-corrected chi connectivity index (χ2v) is 8.39. The van der Waals surface area contributed by atoms with Gasteiger partial charge < -0.3 is 20.3 Å². The zero-order valence-electron chi connectivity index (χ0n) is 17.9. The molecule has 6 heteroatoms. The molecule has 1 aromatic carbocycles. The molecule has 1 saturated carbocycles. The lowest BCUT2D eigenvalue weighted by Gasteiger charge is -2.33. The topological polar surface area (TPSA) is 62.3 Å². The van der Waals surface area contributed by atoms with Gasteiger partial charge in [0.2, 0.25) is 5.95 Å². The normalized spacial score (nSPS) is 19.8. The fourth-order valence-corrected chi connectivity index (χ4v) is 4.40. The number of nitrogens with zero attached hydrogens (tertiary/aromatic N) is 3. The number of hydrogen-bond acceptors (Lipinski definition) is 6. The van der Waals surface area contributed by atoms with E-state index >= 15 is 0 Å². The van der Waals surface area contributed by atoms with Gasteiger partial charge in [-0.2, -0.15) is 4.98 Å². The second-order valence-electron chi connectivity index (χ2n) is 8.39. The van der Waals surface area contributed by atoms with Crippen molar-refractivity contribution in [3.05, 3.63) is 35.5 Å². The highest BCUT2D eigenvalue weighted by atomic mass is 16.5. The molecule has 2 fully saturated rings. The van der Waals surface area contributed by atoms with Gasteiger partial charge in [0.05, 0.1) is 7.11 Å². The summed E-state index contributed by atoms with van der Waals surface area (Å²) in [5.74, 6) is 3.18. The van der Waals surface area contributed by atoms with E-state index in [0.717, 1.165) is 41.3 Å². The lowest BCUT2D eigenvalue weighted by molar-refractivity contribution is 0.161. The minimum Gasteiger partial charge on any atom is -0.496 e. The Morgan fingerprint density at radius 1 is 1.17 bits per heavy atom. The molecule has 29 heavy (non-hydrogen) atoms. The van der Waals surface area contributed by atoms with Gasteiger partial charge in [-0.15, -0.1) is 0 Å². The van der Waals surface area contributed by atoms with Gasteiger partial charge >= 0.3 is 0 Å². The van der Waals surface area contributed by atoms with Crippen LogP contribution >= 0.6 is 0 Å². The van der Waals surface area contributed by atoms with Gasteiger partial charge in [-0.3, -0.25) is 0 Å². The van der Waals surface area contributed by atoms with Gasteiger partial charge in [0.1, 0.15) is 11.6 Å². The molecular weight excluding hydrogens is 362 g/mol. The van der Waals surface area contributed by atoms with Crippen LogP contribution in [0.3, 0.4) is 0 Å². The number of anilines is 3. The highest BCUT2D eigenvalue weighted by Crippen LogP contribution is 2.33. The minimum atomic E-state index is 0.609. The molecule has 6 nitrogen and oxygen atoms in total. The van der Waals surface area contributed by atoms with Crippen LogP contribution in [-0.2, 0) is 6.42 Å². The number of likely N-dealkylation sites (tertiary alicyclic amines) is 1. The van der Waals surface area contributed by atoms with Crippen LogP contribution in [0.25, 0.3) is 0 Å². The molecule has 1 aliphatic carbocycles. The molecule has 156 valence electrons. The van der Waals surface area contributed by atoms with E-state index in [0.29, 0.717) is 5.95 Å². The molecule has 1 aromatic heterocycles. The van der Waals surface area contributed by atoms with Crippen molar-refractivity contribution in [2.75, 3.05) is 37.9 Å². The Bertz CT molecular complexity index is 836. The van der Waals surface area contributed by atoms with Crippen molar-refractivity contribution in [3.63, 3.8) is 0 Å². The summed E-state index contributed by atoms with van der Waals surface area (Å²) in [6, 6.07) is 9.08. The molecule has 0 bridgehead atoms. The average molecular weight is 396 g/mol. The SMILES string of the molecule is CNc1cc(C)nc(Nc2ccc(OC)c(CC[C@H]3CCCN(C4CC4)C3)c2)n1. The van der Waals surface area contributed by atoms with E-state index in [1.54, 1.807) is 7.11 Å². The lowest BCUT2D eigenvalue weighted by Crippen LogP contribution is -2.37. The van der Waals surface area contributed by atoms with Crippen molar-refractivity contribution in [1.29, 1.82) is 0 Å². The van der Waals surface area contributed by atoms with Crippen molar-refractivity contribution >= 4 is 17.5 Å². The fourth-order valence-electron chi connectivity index (χ4n) is 4.40. The van der Waals surface area contributed by atoms with Crippen molar-refractivity contribution < 1.29 is 4.74 Å². The Morgan fingerprint density at radius 3 is 2.79 bits per heavy atom. The summed E-state index contributed by atoms with van der Waals surface area (Å²) in [6.45, 7) is 4.55. The molecule has 0 amide bonds. The molecule has 0 radical (unpaired) electrons. The van der Waals surface area contributed by atoms with Gasteiger partial charge in [-0.05, 0) is 81.7 Å². The Labute approximate surface area is 174 Å². The molecular formula is C23H33N5O. The molecule has 1 aliphatic heterocycles. The highest BCUT2D eigenvalue weighted by Gasteiger charge is 2.32. The molecule has 2 aliphatic rings. The standard InChI is InChI=1S/C23H33N5O/c1-16-13-22(24-2)27-23(25-16)26-19-8-11-21(29-3)18(14-19)7-6-17-5-4-12-28(15-17)20-9-10-20/h8,11,13-14,17,20H,4-7,9-10,12,15H2,1-3H3,(H2,24,25,26,27)/t17-/m1/s1. The number of piperidine rings is 1. The number of benzene rings is 1. The number of methoxy groups -OCH3 is 1. The van der Waals surface area contributed by atoms with Gasteiger partial charge in [0.25, 0.3) is 0 Å². The summed E-state index contributed by atoms with van der Waals surface area (Å²) >= 11 is 0. The van der Waals surface area contributed by atoms with Crippen LogP contribution in [-0.4, -0.2) is 48.2 Å². The average Bonchev–Trinajstić information content (AvgIpc) is 3.57. The molecule has 2 N–H and O–H groups in total. The number of nitrogens with one attached hydrogen (secondary N) is 2. The number of hydrogen-bond donors (Lipinski definition) is 2. The van der Waals surface area contributed by atoms with Crippen LogP contribution in [0.4, 0.5) is 17.5 Å². The van der Waals surface area contributed by atoms with Crippen LogP contribution in [0.2, 0.25) is 0 Å². The molecule has 2 heterocycles. The number of aryl methyl sites for hydroxylation is 2. The monoisotopic (exact) mass is 395 g/mol. The Morgan fingerprint density at radius 2 is 2.03 bits per heavy atom. The summed E-state index contributed by atoms with van der Waals surface area (Å²) < 4.78 is 5.64. The number of ether oxygens (including phenoxy) is 1. The zero-order valence-corrected chi connectivity index (χ0v) is 17.9. The fraction of sp³-hybridized carbons (Fsp3) is 0.565. The van der Waals surface area contributed by atoms with Crippen molar-refractivity contribution in [2.24, 2.45) is 5.92 Å². The maximum absolute atomic E-state index is 5.64. The van der Waals surface area contributed by atoms with Gasteiger partial charge in [-0.25, -0.2) is 4.98 Å². The molecule has 1 saturated heterocycles. The molecule has 4 rings (SSSR count). The number of rotatable bonds is 8. The summed E-state index contributed by atoms with van der Waals surface area (Å²) in [4.78, 5) is 11.7. The first-order chi connectivity index (χ1) is 14.1. The van der Waals surface area contributed by atoms with Crippen LogP contribution in [0, 0.1) is 12.8 Å². The largest absolute Gasteiger partial charge is 0.496 e. The third-order valence-electron chi connectivity index (χ3n) is 6.08. The van der Waals surface area contributed by atoms with Crippen LogP contribution in [0.15, 0.2) is 24.3 Å². The Hall–Kier alpha value is -2.34. The summed E-state index contributed by atoms with van der Waals surface area (Å²) in [7, 11) is 3.62. The van der Waals surface area contributed by atoms with Gasteiger partial charge in [0, 0.05) is 37.1 Å². The van der Waals surface area contributed by atoms with Gasteiger partial charge in [0.15, 0.2) is 0 Å². The third-order valence-corrected chi connectivity index (χ3v) is 6.08. The van der Waals surface area contributed by atoms with Crippen LogP contribution < -0.4 is 15.4 Å². The highest BCUT2D eigenvalue weighted by molar-refractivity contribution is 5.58. The van der Waals surface area contributed by atoms with E-state index in [1.807, 2.05) is 32.2 Å². The van der Waals surface area contributed by atoms with E-state index in [9.17, 15) is 0 Å². The van der Waals surface area contributed by atoms with Gasteiger partial charge in [-0.1, -0.05) is 0 Å². The summed E-state index contributed by atoms with van der Waals surface area (Å²) in [5.41, 5.74) is 3.18. The predicted octanol–water partition coefficient (Wildman–Crippen LogP) is 4.39. The van der Waals surface area contributed by atoms with E-state index in [1.165, 1.54) is 50.8 Å². The smallest absolute Gasteiger partial charge is 0.229 e. The molecule has 1 atom stereocenters. The lowest BCUT2D eigenvalue weighted by atomic mass is 9.91. The first-order valence-electron chi connectivity index (χ1n) is 10.9. The molecule has 0 spiro atoms. The van der Waals surface area contributed by atoms with E-state index in [2.05, 4.69) is 31.6 Å². The van der Waals surface area contributed by atoms with Crippen molar-refractivity contribution in [3.8, 4) is 5.75 Å². The predicted molar refractivity (Wildman–Crippen MR) is 118 cm³/mol. The van der Waals surface area contributed by atoms with E-state index < -0.39 is 0 Å². The van der Waals surface area contributed by atoms with E-state index in [4.69, 9.17) is 4.74 Å². The van der Waals surface area contributed by atoms with Crippen LogP contribution in [0.1, 0.15) is 43.4 Å². The molecule has 0 unspecified atom stereocenters. The Balaban J connectivity index is 1.43. The zero-order chi connectivity index (χ0) is 20.2. The number of aromatic nitrogens is 2. The third kappa shape index (κ3) is 5.18. The summed E-state index contributed by atoms with van der Waals surface area (Å²) in [6.07, 6.45) is 7.77. The quantitative estimate of drug-likeness (QED) is 0.691. The van der Waals surface area contributed by atoms with Crippen LogP contribution in [0.5, 0.6) is 5.75 Å². The second kappa shape index (κ2) is 8.99. The first kappa shape index (κ1) is 20.0. The van der Waals surface area contributed by atoms with Crippen molar-refractivity contribution in [1.82, 2.24) is 14.9 Å². The Kier molecular flexibility index (Phi) is 6.19. The maximum atomic E-state index is 5.64. The van der Waals surface area contributed by atoms with E-state index in [-0.39, 0.29) is 0 Å².